The van der Waals surface area contributed by atoms with Gasteiger partial charge in [0.2, 0.25) is 0 Å². The SMILES string of the molecule is [C-]#[N+]C1OC(=O)c2cccc(OC)c21. The summed E-state index contributed by atoms with van der Waals surface area (Å²) in [5, 5.41) is 0. The minimum absolute atomic E-state index is 0.422. The second-order valence-electron chi connectivity index (χ2n) is 2.81. The van der Waals surface area contributed by atoms with Crippen LogP contribution in [-0.2, 0) is 4.74 Å². The number of nitrogens with zero attached hydrogens (tertiary/aromatic N) is 1. The van der Waals surface area contributed by atoms with Crippen molar-refractivity contribution in [3.63, 3.8) is 0 Å². The van der Waals surface area contributed by atoms with Crippen LogP contribution in [-0.4, -0.2) is 13.1 Å². The number of hydrogen-bond donors (Lipinski definition) is 0. The van der Waals surface area contributed by atoms with Crippen LogP contribution < -0.4 is 4.74 Å². The van der Waals surface area contributed by atoms with Gasteiger partial charge >= 0.3 is 12.2 Å². The van der Waals surface area contributed by atoms with Gasteiger partial charge in [-0.2, -0.15) is 0 Å². The van der Waals surface area contributed by atoms with Gasteiger partial charge in [-0.25, -0.2) is 11.4 Å². The summed E-state index contributed by atoms with van der Waals surface area (Å²) in [6.07, 6.45) is -0.853. The van der Waals surface area contributed by atoms with Crippen LogP contribution in [0.1, 0.15) is 22.1 Å². The van der Waals surface area contributed by atoms with Gasteiger partial charge in [-0.05, 0) is 12.1 Å². The van der Waals surface area contributed by atoms with E-state index in [-0.39, 0.29) is 0 Å². The van der Waals surface area contributed by atoms with E-state index in [4.69, 9.17) is 16.0 Å². The van der Waals surface area contributed by atoms with Crippen molar-refractivity contribution in [3.8, 4) is 5.75 Å². The largest absolute Gasteiger partial charge is 0.496 e. The normalized spacial score (nSPS) is 18.3. The molecule has 0 saturated carbocycles. The fraction of sp³-hybridized carbons (Fsp3) is 0.200. The molecule has 1 atom stereocenters. The predicted molar refractivity (Wildman–Crippen MR) is 47.8 cm³/mol. The Hall–Kier alpha value is -2.02. The highest BCUT2D eigenvalue weighted by molar-refractivity contribution is 5.95. The quantitative estimate of drug-likeness (QED) is 0.499. The molecule has 0 aromatic heterocycles. The molecule has 0 radical (unpaired) electrons. The first-order valence-corrected chi connectivity index (χ1v) is 4.02. The van der Waals surface area contributed by atoms with E-state index < -0.39 is 12.2 Å². The van der Waals surface area contributed by atoms with E-state index in [1.807, 2.05) is 0 Å². The van der Waals surface area contributed by atoms with Crippen molar-refractivity contribution in [3.05, 3.63) is 40.7 Å². The lowest BCUT2D eigenvalue weighted by Crippen LogP contribution is -1.93. The number of carbonyl (C=O) groups excluding carboxylic acids is 1. The summed E-state index contributed by atoms with van der Waals surface area (Å²) in [5.74, 6) is 0.0641. The Balaban J connectivity index is 2.63. The van der Waals surface area contributed by atoms with E-state index in [9.17, 15) is 4.79 Å². The molecule has 70 valence electrons. The van der Waals surface area contributed by atoms with Crippen molar-refractivity contribution in [1.29, 1.82) is 0 Å². The van der Waals surface area contributed by atoms with Gasteiger partial charge in [0.05, 0.1) is 12.7 Å². The number of benzene rings is 1. The maximum Gasteiger partial charge on any atom is 0.400 e. The third-order valence-electron chi connectivity index (χ3n) is 2.09. The third-order valence-corrected chi connectivity index (χ3v) is 2.09. The summed E-state index contributed by atoms with van der Waals surface area (Å²) in [5.41, 5.74) is 0.959. The van der Waals surface area contributed by atoms with Crippen LogP contribution in [0, 0.1) is 6.57 Å². The van der Waals surface area contributed by atoms with E-state index in [0.29, 0.717) is 16.9 Å². The highest BCUT2D eigenvalue weighted by Crippen LogP contribution is 2.37. The van der Waals surface area contributed by atoms with Crippen LogP contribution in [0.15, 0.2) is 18.2 Å². The lowest BCUT2D eigenvalue weighted by Gasteiger charge is -2.03. The molecule has 14 heavy (non-hydrogen) atoms. The smallest absolute Gasteiger partial charge is 0.400 e. The van der Waals surface area contributed by atoms with E-state index >= 15 is 0 Å². The number of cyclic esters (lactones) is 1. The monoisotopic (exact) mass is 189 g/mol. The number of esters is 1. The molecule has 1 aliphatic heterocycles. The maximum absolute atomic E-state index is 11.3. The van der Waals surface area contributed by atoms with Gasteiger partial charge in [0, 0.05) is 0 Å². The zero-order valence-corrected chi connectivity index (χ0v) is 7.48. The first kappa shape index (κ1) is 8.57. The standard InChI is InChI=1S/C10H7NO3/c1-11-9-8-6(10(12)14-9)4-3-5-7(8)13-2/h3-5,9H,2H3. The number of fused-ring (bicyclic) bond motifs is 1. The molecule has 0 saturated heterocycles. The summed E-state index contributed by atoms with van der Waals surface area (Å²) in [4.78, 5) is 14.5. The molecule has 4 nitrogen and oxygen atoms in total. The molecule has 0 spiro atoms. The van der Waals surface area contributed by atoms with Crippen LogP contribution in [0.5, 0.6) is 5.75 Å². The summed E-state index contributed by atoms with van der Waals surface area (Å²) >= 11 is 0. The molecule has 0 bridgehead atoms. The fourth-order valence-corrected chi connectivity index (χ4v) is 1.47. The molecule has 1 aliphatic rings. The van der Waals surface area contributed by atoms with Gasteiger partial charge in [0.1, 0.15) is 11.3 Å². The van der Waals surface area contributed by atoms with Crippen molar-refractivity contribution in [2.24, 2.45) is 0 Å². The highest BCUT2D eigenvalue weighted by atomic mass is 16.6. The zero-order chi connectivity index (χ0) is 10.1. The van der Waals surface area contributed by atoms with Crippen LogP contribution >= 0.6 is 0 Å². The summed E-state index contributed by atoms with van der Waals surface area (Å²) in [6, 6.07) is 5.04. The number of methoxy groups -OCH3 is 1. The molecule has 1 unspecified atom stereocenters. The topological polar surface area (TPSA) is 39.9 Å². The van der Waals surface area contributed by atoms with Crippen molar-refractivity contribution in [2.45, 2.75) is 6.23 Å². The van der Waals surface area contributed by atoms with Gasteiger partial charge in [0.25, 0.3) is 0 Å². The molecule has 1 aromatic carbocycles. The van der Waals surface area contributed by atoms with Crippen molar-refractivity contribution in [2.75, 3.05) is 7.11 Å². The molecule has 0 aliphatic carbocycles. The molecular formula is C10H7NO3. The highest BCUT2D eigenvalue weighted by Gasteiger charge is 2.38. The average Bonchev–Trinajstić information content (AvgIpc) is 2.56. The van der Waals surface area contributed by atoms with Gasteiger partial charge in [-0.3, -0.25) is 4.85 Å². The Morgan fingerprint density at radius 2 is 2.36 bits per heavy atom. The zero-order valence-electron chi connectivity index (χ0n) is 7.48. The van der Waals surface area contributed by atoms with Crippen molar-refractivity contribution >= 4 is 5.97 Å². The van der Waals surface area contributed by atoms with Crippen molar-refractivity contribution < 1.29 is 14.3 Å². The molecule has 0 amide bonds. The van der Waals surface area contributed by atoms with Gasteiger partial charge in [0.15, 0.2) is 0 Å². The minimum Gasteiger partial charge on any atom is -0.496 e. The maximum atomic E-state index is 11.3. The molecule has 0 fully saturated rings. The van der Waals surface area contributed by atoms with E-state index in [1.54, 1.807) is 18.2 Å². The Labute approximate surface area is 80.9 Å². The number of carbonyl (C=O) groups is 1. The Morgan fingerprint density at radius 3 is 3.00 bits per heavy atom. The molecule has 2 rings (SSSR count). The second kappa shape index (κ2) is 3.04. The van der Waals surface area contributed by atoms with Crippen LogP contribution in [0.2, 0.25) is 0 Å². The minimum atomic E-state index is -0.853. The first-order valence-electron chi connectivity index (χ1n) is 4.02. The molecule has 1 aromatic rings. The van der Waals surface area contributed by atoms with Gasteiger partial charge < -0.3 is 9.47 Å². The number of hydrogen-bond acceptors (Lipinski definition) is 3. The number of rotatable bonds is 1. The molecule has 4 heteroatoms. The lowest BCUT2D eigenvalue weighted by molar-refractivity contribution is 0.0462. The average molecular weight is 189 g/mol. The van der Waals surface area contributed by atoms with Crippen LogP contribution in [0.4, 0.5) is 0 Å². The summed E-state index contributed by atoms with van der Waals surface area (Å²) < 4.78 is 9.91. The summed E-state index contributed by atoms with van der Waals surface area (Å²) in [6.45, 7) is 6.88. The Morgan fingerprint density at radius 1 is 1.57 bits per heavy atom. The van der Waals surface area contributed by atoms with Crippen LogP contribution in [0.25, 0.3) is 4.85 Å². The van der Waals surface area contributed by atoms with Crippen LogP contribution in [0.3, 0.4) is 0 Å². The predicted octanol–water partition coefficient (Wildman–Crippen LogP) is 1.78. The van der Waals surface area contributed by atoms with Gasteiger partial charge in [-0.15, -0.1) is 0 Å². The summed E-state index contributed by atoms with van der Waals surface area (Å²) in [7, 11) is 1.50. The lowest BCUT2D eigenvalue weighted by atomic mass is 10.1. The Kier molecular flexibility index (Phi) is 1.86. The second-order valence-corrected chi connectivity index (χ2v) is 2.81. The number of ether oxygens (including phenoxy) is 2. The fourth-order valence-electron chi connectivity index (χ4n) is 1.47. The van der Waals surface area contributed by atoms with Crippen molar-refractivity contribution in [1.82, 2.24) is 0 Å². The molecule has 0 N–H and O–H groups in total. The van der Waals surface area contributed by atoms with Gasteiger partial charge in [-0.1, -0.05) is 6.07 Å². The molecule has 1 heterocycles. The van der Waals surface area contributed by atoms with E-state index in [2.05, 4.69) is 4.85 Å². The Bertz CT molecular complexity index is 433. The molecular weight excluding hydrogens is 182 g/mol. The first-order chi connectivity index (χ1) is 6.77. The van der Waals surface area contributed by atoms with E-state index in [0.717, 1.165) is 0 Å². The van der Waals surface area contributed by atoms with E-state index in [1.165, 1.54) is 7.11 Å². The third kappa shape index (κ3) is 1.03.